The van der Waals surface area contributed by atoms with Crippen molar-refractivity contribution < 1.29 is 23.0 Å². The Bertz CT molecular complexity index is 1570. The summed E-state index contributed by atoms with van der Waals surface area (Å²) >= 11 is 0. The van der Waals surface area contributed by atoms with Crippen molar-refractivity contribution >= 4 is 9.84 Å². The van der Waals surface area contributed by atoms with Crippen molar-refractivity contribution in [1.29, 1.82) is 0 Å². The lowest BCUT2D eigenvalue weighted by atomic mass is 10.1. The van der Waals surface area contributed by atoms with Crippen LogP contribution in [0.3, 0.4) is 0 Å². The highest BCUT2D eigenvalue weighted by Gasteiger charge is 2.31. The van der Waals surface area contributed by atoms with E-state index in [2.05, 4.69) is 4.98 Å². The standard InChI is InChI=1S/C29H30N2O6S/c1-19(2)13-18-25-30-28(32)27(29(33)31(25)26-23(36-3)11-8-12-24(26)37-4)38(34,35)22-16-14-21(15-17-22)20-9-6-5-7-10-20/h5-12,14-17,19,33H,13,18H2,1-4H3. The molecule has 4 rings (SSSR count). The first kappa shape index (κ1) is 26.9. The van der Waals surface area contributed by atoms with E-state index < -0.39 is 26.2 Å². The summed E-state index contributed by atoms with van der Waals surface area (Å²) in [5, 5.41) is 11.5. The Morgan fingerprint density at radius 1 is 0.868 bits per heavy atom. The maximum absolute atomic E-state index is 13.7. The second-order valence-electron chi connectivity index (χ2n) is 9.16. The second-order valence-corrected chi connectivity index (χ2v) is 11.0. The van der Waals surface area contributed by atoms with Gasteiger partial charge in [-0.25, -0.2) is 8.42 Å². The highest BCUT2D eigenvalue weighted by molar-refractivity contribution is 7.91. The first-order valence-electron chi connectivity index (χ1n) is 12.2. The van der Waals surface area contributed by atoms with Gasteiger partial charge >= 0.3 is 0 Å². The maximum atomic E-state index is 13.7. The van der Waals surface area contributed by atoms with Crippen LogP contribution in [-0.2, 0) is 16.3 Å². The predicted octanol–water partition coefficient (Wildman–Crippen LogP) is 5.04. The summed E-state index contributed by atoms with van der Waals surface area (Å²) in [5.74, 6) is 0.340. The lowest BCUT2D eigenvalue weighted by Crippen LogP contribution is -2.25. The number of hydrogen-bond donors (Lipinski definition) is 1. The van der Waals surface area contributed by atoms with Gasteiger partial charge in [0.25, 0.3) is 5.56 Å². The minimum atomic E-state index is -4.44. The van der Waals surface area contributed by atoms with Crippen LogP contribution in [0.15, 0.2) is 87.4 Å². The molecule has 0 aliphatic carbocycles. The topological polar surface area (TPSA) is 108 Å². The van der Waals surface area contributed by atoms with E-state index in [-0.39, 0.29) is 22.3 Å². The van der Waals surface area contributed by atoms with Gasteiger partial charge in [0.05, 0.1) is 19.1 Å². The number of methoxy groups -OCH3 is 2. The number of sulfone groups is 1. The third-order valence-electron chi connectivity index (χ3n) is 6.21. The van der Waals surface area contributed by atoms with E-state index in [4.69, 9.17) is 9.47 Å². The molecule has 0 aliphatic heterocycles. The van der Waals surface area contributed by atoms with Crippen LogP contribution in [0.4, 0.5) is 0 Å². The second kappa shape index (κ2) is 11.1. The third kappa shape index (κ3) is 5.15. The summed E-state index contributed by atoms with van der Waals surface area (Å²) in [6, 6.07) is 20.6. The summed E-state index contributed by atoms with van der Waals surface area (Å²) < 4.78 is 39.7. The molecule has 0 fully saturated rings. The first-order chi connectivity index (χ1) is 18.2. The van der Waals surface area contributed by atoms with Gasteiger partial charge < -0.3 is 14.6 Å². The van der Waals surface area contributed by atoms with Crippen LogP contribution in [0.5, 0.6) is 17.4 Å². The fourth-order valence-electron chi connectivity index (χ4n) is 4.22. The van der Waals surface area contributed by atoms with Crippen molar-refractivity contribution in [3.05, 3.63) is 89.0 Å². The zero-order chi connectivity index (χ0) is 27.4. The van der Waals surface area contributed by atoms with Gasteiger partial charge in [-0.05, 0) is 47.7 Å². The normalized spacial score (nSPS) is 11.5. The Balaban J connectivity index is 1.94. The Morgan fingerprint density at radius 3 is 2.00 bits per heavy atom. The van der Waals surface area contributed by atoms with E-state index in [0.29, 0.717) is 24.3 Å². The molecule has 0 spiro atoms. The van der Waals surface area contributed by atoms with Crippen LogP contribution in [0.25, 0.3) is 16.8 Å². The smallest absolute Gasteiger partial charge is 0.296 e. The van der Waals surface area contributed by atoms with Crippen LogP contribution >= 0.6 is 0 Å². The van der Waals surface area contributed by atoms with Crippen LogP contribution < -0.4 is 15.0 Å². The Hall–Kier alpha value is -4.11. The number of hydrogen-bond acceptors (Lipinski definition) is 7. The van der Waals surface area contributed by atoms with Gasteiger partial charge in [0, 0.05) is 6.42 Å². The molecular weight excluding hydrogens is 504 g/mol. The average Bonchev–Trinajstić information content (AvgIpc) is 2.92. The number of rotatable bonds is 9. The number of aromatic nitrogens is 2. The van der Waals surface area contributed by atoms with Crippen LogP contribution in [0.2, 0.25) is 0 Å². The lowest BCUT2D eigenvalue weighted by molar-refractivity contribution is 0.373. The molecule has 1 aromatic heterocycles. The minimum Gasteiger partial charge on any atom is -0.494 e. The zero-order valence-corrected chi connectivity index (χ0v) is 22.5. The Morgan fingerprint density at radius 2 is 1.45 bits per heavy atom. The Labute approximate surface area is 222 Å². The molecule has 1 heterocycles. The van der Waals surface area contributed by atoms with Crippen molar-refractivity contribution in [2.75, 3.05) is 14.2 Å². The highest BCUT2D eigenvalue weighted by atomic mass is 32.2. The van der Waals surface area contributed by atoms with Crippen LogP contribution in [-0.4, -0.2) is 37.3 Å². The molecule has 0 saturated carbocycles. The van der Waals surface area contributed by atoms with Gasteiger partial charge in [-0.3, -0.25) is 9.36 Å². The molecule has 0 bridgehead atoms. The van der Waals surface area contributed by atoms with Gasteiger partial charge in [-0.15, -0.1) is 0 Å². The summed E-state index contributed by atoms with van der Waals surface area (Å²) in [4.78, 5) is 16.4. The third-order valence-corrected chi connectivity index (χ3v) is 8.00. The van der Waals surface area contributed by atoms with Crippen LogP contribution in [0.1, 0.15) is 26.1 Å². The SMILES string of the molecule is COc1cccc(OC)c1-n1c(CCC(C)C)nc(=O)c(S(=O)(=O)c2ccc(-c3ccccc3)cc2)c1O. The molecule has 0 aliphatic rings. The molecule has 0 unspecified atom stereocenters. The quantitative estimate of drug-likeness (QED) is 0.320. The summed E-state index contributed by atoms with van der Waals surface area (Å²) in [6.07, 6.45) is 0.962. The summed E-state index contributed by atoms with van der Waals surface area (Å²) in [7, 11) is -1.55. The molecule has 0 saturated heterocycles. The molecule has 0 atom stereocenters. The predicted molar refractivity (Wildman–Crippen MR) is 145 cm³/mol. The Kier molecular flexibility index (Phi) is 7.87. The molecule has 0 radical (unpaired) electrons. The minimum absolute atomic E-state index is 0.139. The van der Waals surface area contributed by atoms with Gasteiger partial charge in [-0.1, -0.05) is 62.4 Å². The number of para-hydroxylation sites is 1. The molecule has 3 aromatic carbocycles. The van der Waals surface area contributed by atoms with Crippen molar-refractivity contribution in [2.24, 2.45) is 5.92 Å². The zero-order valence-electron chi connectivity index (χ0n) is 21.7. The molecule has 8 nitrogen and oxygen atoms in total. The van der Waals surface area contributed by atoms with E-state index >= 15 is 0 Å². The fourth-order valence-corrected chi connectivity index (χ4v) is 5.56. The van der Waals surface area contributed by atoms with Crippen molar-refractivity contribution in [1.82, 2.24) is 9.55 Å². The highest BCUT2D eigenvalue weighted by Crippen LogP contribution is 2.38. The number of aryl methyl sites for hydroxylation is 1. The molecule has 1 N–H and O–H groups in total. The summed E-state index contributed by atoms with van der Waals surface area (Å²) in [6.45, 7) is 4.04. The fraction of sp³-hybridized carbons (Fsp3) is 0.241. The van der Waals surface area contributed by atoms with E-state index in [9.17, 15) is 18.3 Å². The molecular formula is C29H30N2O6S. The van der Waals surface area contributed by atoms with Gasteiger partial charge in [0.2, 0.25) is 15.7 Å². The van der Waals surface area contributed by atoms with Gasteiger partial charge in [0.15, 0.2) is 4.90 Å². The number of nitrogens with zero attached hydrogens (tertiary/aromatic N) is 2. The average molecular weight is 535 g/mol. The van der Waals surface area contributed by atoms with Crippen molar-refractivity contribution in [2.45, 2.75) is 36.5 Å². The number of ether oxygens (including phenoxy) is 2. The van der Waals surface area contributed by atoms with E-state index in [0.717, 1.165) is 11.1 Å². The van der Waals surface area contributed by atoms with Crippen molar-refractivity contribution in [3.63, 3.8) is 0 Å². The van der Waals surface area contributed by atoms with Crippen LogP contribution in [0, 0.1) is 5.92 Å². The van der Waals surface area contributed by atoms with Gasteiger partial charge in [0.1, 0.15) is 23.0 Å². The molecule has 38 heavy (non-hydrogen) atoms. The van der Waals surface area contributed by atoms with E-state index in [1.54, 1.807) is 30.3 Å². The number of benzene rings is 3. The first-order valence-corrected chi connectivity index (χ1v) is 13.6. The largest absolute Gasteiger partial charge is 0.494 e. The lowest BCUT2D eigenvalue weighted by Gasteiger charge is -2.21. The maximum Gasteiger partial charge on any atom is 0.296 e. The molecule has 0 amide bonds. The molecule has 4 aromatic rings. The van der Waals surface area contributed by atoms with E-state index in [1.165, 1.54) is 30.9 Å². The molecule has 9 heteroatoms. The molecule has 198 valence electrons. The van der Waals surface area contributed by atoms with Gasteiger partial charge in [-0.2, -0.15) is 4.98 Å². The number of aromatic hydroxyl groups is 1. The summed E-state index contributed by atoms with van der Waals surface area (Å²) in [5.41, 5.74) is 0.948. The van der Waals surface area contributed by atoms with Crippen molar-refractivity contribution in [3.8, 4) is 34.2 Å². The van der Waals surface area contributed by atoms with E-state index in [1.807, 2.05) is 44.2 Å². The monoisotopic (exact) mass is 534 g/mol.